The molecule has 0 aliphatic heterocycles. The van der Waals surface area contributed by atoms with Gasteiger partial charge in [-0.15, -0.1) is 0 Å². The smallest absolute Gasteiger partial charge is 0.309 e. The summed E-state index contributed by atoms with van der Waals surface area (Å²) >= 11 is 0. The third-order valence-electron chi connectivity index (χ3n) is 3.21. The first-order chi connectivity index (χ1) is 8.87. The first-order valence-electron chi connectivity index (χ1n) is 6.89. The number of esters is 1. The molecule has 0 spiro atoms. The van der Waals surface area contributed by atoms with Gasteiger partial charge in [0.05, 0.1) is 17.8 Å². The number of anilines is 1. The summed E-state index contributed by atoms with van der Waals surface area (Å²) in [6, 6.07) is 0.354. The topological polar surface area (TPSA) is 56.2 Å². The van der Waals surface area contributed by atoms with Crippen molar-refractivity contribution in [2.24, 2.45) is 5.92 Å². The van der Waals surface area contributed by atoms with Gasteiger partial charge in [-0.25, -0.2) is 0 Å². The molecule has 5 nitrogen and oxygen atoms in total. The molecule has 106 valence electrons. The van der Waals surface area contributed by atoms with Gasteiger partial charge in [0.2, 0.25) is 0 Å². The molecule has 19 heavy (non-hydrogen) atoms. The van der Waals surface area contributed by atoms with E-state index in [1.54, 1.807) is 0 Å². The Morgan fingerprint density at radius 3 is 2.74 bits per heavy atom. The highest BCUT2D eigenvalue weighted by atomic mass is 16.6. The number of carbonyl (C=O) groups excluding carboxylic acids is 1. The molecule has 1 aromatic rings. The van der Waals surface area contributed by atoms with Crippen LogP contribution in [-0.2, 0) is 16.1 Å². The van der Waals surface area contributed by atoms with E-state index in [0.717, 1.165) is 25.1 Å². The van der Waals surface area contributed by atoms with Crippen LogP contribution in [0.1, 0.15) is 40.5 Å². The number of carbonyl (C=O) groups is 1. The average Bonchev–Trinajstić information content (AvgIpc) is 2.67. The molecule has 0 atom stereocenters. The Morgan fingerprint density at radius 2 is 2.21 bits per heavy atom. The van der Waals surface area contributed by atoms with Crippen LogP contribution in [0.5, 0.6) is 0 Å². The average molecular weight is 265 g/mol. The molecule has 2 rings (SSSR count). The molecule has 0 radical (unpaired) electrons. The molecular formula is C14H23N3O2. The lowest BCUT2D eigenvalue weighted by molar-refractivity contribution is -0.163. The molecule has 1 saturated carbocycles. The maximum atomic E-state index is 11.8. The molecule has 1 heterocycles. The van der Waals surface area contributed by atoms with E-state index in [0.29, 0.717) is 6.04 Å². The van der Waals surface area contributed by atoms with Crippen molar-refractivity contribution < 1.29 is 9.53 Å². The lowest BCUT2D eigenvalue weighted by Gasteiger charge is -2.36. The summed E-state index contributed by atoms with van der Waals surface area (Å²) in [7, 11) is 0. The van der Waals surface area contributed by atoms with Crippen LogP contribution in [0.25, 0.3) is 0 Å². The Balaban J connectivity index is 1.75. The van der Waals surface area contributed by atoms with Crippen molar-refractivity contribution in [2.45, 2.75) is 58.7 Å². The second-order valence-corrected chi connectivity index (χ2v) is 6.13. The predicted octanol–water partition coefficient (Wildman–Crippen LogP) is 2.44. The number of aromatic nitrogens is 2. The van der Waals surface area contributed by atoms with Gasteiger partial charge in [0.25, 0.3) is 0 Å². The summed E-state index contributed by atoms with van der Waals surface area (Å²) in [5.74, 6) is -0.0345. The Labute approximate surface area is 114 Å². The normalized spacial score (nSPS) is 22.7. The summed E-state index contributed by atoms with van der Waals surface area (Å²) in [4.78, 5) is 11.8. The van der Waals surface area contributed by atoms with Gasteiger partial charge in [-0.2, -0.15) is 5.10 Å². The third kappa shape index (κ3) is 3.72. The van der Waals surface area contributed by atoms with Crippen molar-refractivity contribution in [3.63, 3.8) is 0 Å². The van der Waals surface area contributed by atoms with Gasteiger partial charge in [0, 0.05) is 18.8 Å². The lowest BCUT2D eigenvalue weighted by Crippen LogP contribution is -2.42. The lowest BCUT2D eigenvalue weighted by atomic mass is 9.80. The fraction of sp³-hybridized carbons (Fsp3) is 0.714. The van der Waals surface area contributed by atoms with E-state index in [1.165, 1.54) is 0 Å². The molecule has 1 fully saturated rings. The molecule has 0 amide bonds. The number of ether oxygens (including phenoxy) is 1. The maximum Gasteiger partial charge on any atom is 0.309 e. The van der Waals surface area contributed by atoms with Crippen LogP contribution in [0.15, 0.2) is 12.4 Å². The second kappa shape index (κ2) is 5.23. The summed E-state index contributed by atoms with van der Waals surface area (Å²) in [5.41, 5.74) is 0.632. The van der Waals surface area contributed by atoms with Gasteiger partial charge in [-0.05, 0) is 40.5 Å². The van der Waals surface area contributed by atoms with Gasteiger partial charge in [-0.3, -0.25) is 9.48 Å². The van der Waals surface area contributed by atoms with Crippen LogP contribution in [-0.4, -0.2) is 27.4 Å². The minimum Gasteiger partial charge on any atom is -0.460 e. The molecule has 1 N–H and O–H groups in total. The minimum atomic E-state index is -0.391. The van der Waals surface area contributed by atoms with Gasteiger partial charge >= 0.3 is 5.97 Å². The fourth-order valence-corrected chi connectivity index (χ4v) is 2.16. The molecule has 0 unspecified atom stereocenters. The molecule has 0 saturated heterocycles. The van der Waals surface area contributed by atoms with E-state index in [2.05, 4.69) is 17.3 Å². The van der Waals surface area contributed by atoms with Gasteiger partial charge < -0.3 is 10.1 Å². The Morgan fingerprint density at radius 1 is 1.53 bits per heavy atom. The molecule has 0 bridgehead atoms. The van der Waals surface area contributed by atoms with E-state index in [1.807, 2.05) is 37.8 Å². The predicted molar refractivity (Wildman–Crippen MR) is 73.9 cm³/mol. The molecule has 1 aromatic heterocycles. The van der Waals surface area contributed by atoms with Crippen LogP contribution >= 0.6 is 0 Å². The zero-order valence-electron chi connectivity index (χ0n) is 12.1. The number of hydrogen-bond donors (Lipinski definition) is 1. The van der Waals surface area contributed by atoms with Gasteiger partial charge in [0.1, 0.15) is 5.60 Å². The van der Waals surface area contributed by atoms with Crippen molar-refractivity contribution >= 4 is 11.7 Å². The van der Waals surface area contributed by atoms with Crippen LogP contribution in [0.2, 0.25) is 0 Å². The first-order valence-corrected chi connectivity index (χ1v) is 6.89. The summed E-state index contributed by atoms with van der Waals surface area (Å²) in [6.07, 6.45) is 5.49. The van der Waals surface area contributed by atoms with Crippen LogP contribution < -0.4 is 5.32 Å². The number of hydrogen-bond acceptors (Lipinski definition) is 4. The largest absolute Gasteiger partial charge is 0.460 e. The van der Waals surface area contributed by atoms with Crippen LogP contribution in [0.3, 0.4) is 0 Å². The SMILES string of the molecule is CCn1cc(NC2CC(C(=O)OC(C)(C)C)C2)cn1. The second-order valence-electron chi connectivity index (χ2n) is 6.13. The highest BCUT2D eigenvalue weighted by Gasteiger charge is 2.37. The molecule has 1 aliphatic rings. The highest BCUT2D eigenvalue weighted by molar-refractivity contribution is 5.74. The number of rotatable bonds is 4. The van der Waals surface area contributed by atoms with Crippen molar-refractivity contribution in [2.75, 3.05) is 5.32 Å². The zero-order chi connectivity index (χ0) is 14.0. The van der Waals surface area contributed by atoms with E-state index in [9.17, 15) is 4.79 Å². The number of nitrogens with zero attached hydrogens (tertiary/aromatic N) is 2. The highest BCUT2D eigenvalue weighted by Crippen LogP contribution is 2.32. The summed E-state index contributed by atoms with van der Waals surface area (Å²) < 4.78 is 7.26. The quantitative estimate of drug-likeness (QED) is 0.850. The van der Waals surface area contributed by atoms with Crippen molar-refractivity contribution in [3.8, 4) is 0 Å². The van der Waals surface area contributed by atoms with E-state index >= 15 is 0 Å². The first kappa shape index (κ1) is 13.9. The van der Waals surface area contributed by atoms with Crippen molar-refractivity contribution in [1.29, 1.82) is 0 Å². The monoisotopic (exact) mass is 265 g/mol. The summed E-state index contributed by atoms with van der Waals surface area (Å²) in [6.45, 7) is 8.63. The Hall–Kier alpha value is -1.52. The summed E-state index contributed by atoms with van der Waals surface area (Å²) in [5, 5.41) is 7.60. The molecular weight excluding hydrogens is 242 g/mol. The Kier molecular flexibility index (Phi) is 3.83. The van der Waals surface area contributed by atoms with E-state index < -0.39 is 5.60 Å². The molecule has 1 aliphatic carbocycles. The van der Waals surface area contributed by atoms with Crippen molar-refractivity contribution in [1.82, 2.24) is 9.78 Å². The fourth-order valence-electron chi connectivity index (χ4n) is 2.16. The Bertz CT molecular complexity index is 442. The van der Waals surface area contributed by atoms with Crippen LogP contribution in [0.4, 0.5) is 5.69 Å². The van der Waals surface area contributed by atoms with Gasteiger partial charge in [0.15, 0.2) is 0 Å². The minimum absolute atomic E-state index is 0.0398. The number of nitrogens with one attached hydrogen (secondary N) is 1. The maximum absolute atomic E-state index is 11.8. The van der Waals surface area contributed by atoms with Gasteiger partial charge in [-0.1, -0.05) is 0 Å². The number of aryl methyl sites for hydroxylation is 1. The third-order valence-corrected chi connectivity index (χ3v) is 3.21. The zero-order valence-corrected chi connectivity index (χ0v) is 12.1. The van der Waals surface area contributed by atoms with Crippen LogP contribution in [0, 0.1) is 5.92 Å². The van der Waals surface area contributed by atoms with E-state index in [-0.39, 0.29) is 11.9 Å². The van der Waals surface area contributed by atoms with E-state index in [4.69, 9.17) is 4.74 Å². The standard InChI is InChI=1S/C14H23N3O2/c1-5-17-9-12(8-15-17)16-11-6-10(7-11)13(18)19-14(2,3)4/h8-11,16H,5-7H2,1-4H3. The molecule has 5 heteroatoms. The molecule has 0 aromatic carbocycles. The van der Waals surface area contributed by atoms with Crippen molar-refractivity contribution in [3.05, 3.63) is 12.4 Å².